The zero-order valence-corrected chi connectivity index (χ0v) is 8.78. The minimum atomic E-state index is 0.304. The minimum absolute atomic E-state index is 0.304. The van der Waals surface area contributed by atoms with Crippen molar-refractivity contribution in [1.29, 1.82) is 0 Å². The van der Waals surface area contributed by atoms with Crippen LogP contribution in [0, 0.1) is 0 Å². The van der Waals surface area contributed by atoms with E-state index in [0.29, 0.717) is 16.6 Å². The molecule has 1 aliphatic rings. The fourth-order valence-electron chi connectivity index (χ4n) is 1.67. The van der Waals surface area contributed by atoms with Gasteiger partial charge in [0, 0.05) is 16.6 Å². The van der Waals surface area contributed by atoms with Gasteiger partial charge in [0.25, 0.3) is 0 Å². The van der Waals surface area contributed by atoms with E-state index in [1.54, 1.807) is 0 Å². The van der Waals surface area contributed by atoms with Gasteiger partial charge in [0.05, 0.1) is 0 Å². The minimum Gasteiger partial charge on any atom is -0.396 e. The zero-order valence-electron chi connectivity index (χ0n) is 7.97. The summed E-state index contributed by atoms with van der Waals surface area (Å²) >= 11 is 1.99. The Kier molecular flexibility index (Phi) is 3.24. The average molecular weight is 186 g/mol. The summed E-state index contributed by atoms with van der Waals surface area (Å²) in [7, 11) is 0. The lowest BCUT2D eigenvalue weighted by molar-refractivity contribution is 0.270. The number of thioether (sulfide) groups is 1. The van der Waals surface area contributed by atoms with E-state index in [2.05, 4.69) is 20.4 Å². The summed E-state index contributed by atoms with van der Waals surface area (Å²) in [6.07, 6.45) is 3.37. The Balaban J connectivity index is 2.48. The maximum atomic E-state index is 8.88. The third-order valence-electron chi connectivity index (χ3n) is 2.55. The SMILES string of the molecule is C=C(C)C1CCC(C)(CCO)S1. The molecule has 0 radical (unpaired) electrons. The van der Waals surface area contributed by atoms with Gasteiger partial charge in [-0.2, -0.15) is 0 Å². The zero-order chi connectivity index (χ0) is 9.19. The molecular weight excluding hydrogens is 168 g/mol. The van der Waals surface area contributed by atoms with Gasteiger partial charge in [-0.3, -0.25) is 0 Å². The molecular formula is C10H18OS. The molecule has 0 aromatic heterocycles. The van der Waals surface area contributed by atoms with Gasteiger partial charge in [-0.05, 0) is 26.2 Å². The molecule has 1 fully saturated rings. The lowest BCUT2D eigenvalue weighted by Gasteiger charge is -2.22. The summed E-state index contributed by atoms with van der Waals surface area (Å²) in [4.78, 5) is 0. The van der Waals surface area contributed by atoms with Gasteiger partial charge in [0.1, 0.15) is 0 Å². The largest absolute Gasteiger partial charge is 0.396 e. The van der Waals surface area contributed by atoms with Crippen molar-refractivity contribution in [3.8, 4) is 0 Å². The van der Waals surface area contributed by atoms with Crippen LogP contribution >= 0.6 is 11.8 Å². The molecule has 1 heterocycles. The van der Waals surface area contributed by atoms with Crippen molar-refractivity contribution in [1.82, 2.24) is 0 Å². The fraction of sp³-hybridized carbons (Fsp3) is 0.800. The average Bonchev–Trinajstić information content (AvgIpc) is 2.33. The number of hydrogen-bond donors (Lipinski definition) is 1. The molecule has 1 nitrogen and oxygen atoms in total. The Morgan fingerprint density at radius 1 is 1.75 bits per heavy atom. The second kappa shape index (κ2) is 3.84. The van der Waals surface area contributed by atoms with Gasteiger partial charge in [-0.15, -0.1) is 11.8 Å². The first-order valence-corrected chi connectivity index (χ1v) is 5.39. The predicted octanol–water partition coefficient (Wildman–Crippen LogP) is 2.60. The fourth-order valence-corrected chi connectivity index (χ4v) is 3.23. The van der Waals surface area contributed by atoms with Crippen LogP contribution in [0.15, 0.2) is 12.2 Å². The van der Waals surface area contributed by atoms with Crippen molar-refractivity contribution in [2.24, 2.45) is 0 Å². The van der Waals surface area contributed by atoms with E-state index in [0.717, 1.165) is 6.42 Å². The third kappa shape index (κ3) is 2.27. The molecule has 0 bridgehead atoms. The Morgan fingerprint density at radius 2 is 2.42 bits per heavy atom. The molecule has 1 aliphatic heterocycles. The molecule has 0 saturated carbocycles. The van der Waals surface area contributed by atoms with Crippen LogP contribution in [0.1, 0.15) is 33.1 Å². The molecule has 1 saturated heterocycles. The molecule has 12 heavy (non-hydrogen) atoms. The molecule has 1 N–H and O–H groups in total. The topological polar surface area (TPSA) is 20.2 Å². The van der Waals surface area contributed by atoms with Crippen molar-refractivity contribution >= 4 is 11.8 Å². The van der Waals surface area contributed by atoms with Gasteiger partial charge < -0.3 is 5.11 Å². The van der Waals surface area contributed by atoms with Crippen LogP contribution in [-0.2, 0) is 0 Å². The molecule has 1 rings (SSSR count). The van der Waals surface area contributed by atoms with Crippen molar-refractivity contribution < 1.29 is 5.11 Å². The van der Waals surface area contributed by atoms with Gasteiger partial charge in [-0.25, -0.2) is 0 Å². The van der Waals surface area contributed by atoms with E-state index in [-0.39, 0.29) is 0 Å². The first-order chi connectivity index (χ1) is 5.57. The monoisotopic (exact) mass is 186 g/mol. The maximum Gasteiger partial charge on any atom is 0.0444 e. The predicted molar refractivity (Wildman–Crippen MR) is 55.5 cm³/mol. The smallest absolute Gasteiger partial charge is 0.0444 e. The van der Waals surface area contributed by atoms with E-state index < -0.39 is 0 Å². The van der Waals surface area contributed by atoms with E-state index in [1.165, 1.54) is 18.4 Å². The van der Waals surface area contributed by atoms with Crippen LogP contribution in [0.5, 0.6) is 0 Å². The van der Waals surface area contributed by atoms with E-state index in [9.17, 15) is 0 Å². The van der Waals surface area contributed by atoms with E-state index in [1.807, 2.05) is 11.8 Å². The first kappa shape index (κ1) is 10.1. The summed E-state index contributed by atoms with van der Waals surface area (Å²) in [5.41, 5.74) is 1.28. The Morgan fingerprint density at radius 3 is 2.83 bits per heavy atom. The second-order valence-corrected chi connectivity index (χ2v) is 5.71. The van der Waals surface area contributed by atoms with Crippen LogP contribution in [-0.4, -0.2) is 21.7 Å². The summed E-state index contributed by atoms with van der Waals surface area (Å²) in [6, 6.07) is 0. The standard InChI is InChI=1S/C10H18OS/c1-8(2)9-4-5-10(3,12-9)6-7-11/h9,11H,1,4-7H2,2-3H3. The molecule has 0 aromatic carbocycles. The summed E-state index contributed by atoms with van der Waals surface area (Å²) in [5.74, 6) is 0. The highest BCUT2D eigenvalue weighted by molar-refractivity contribution is 8.01. The molecule has 2 atom stereocenters. The summed E-state index contributed by atoms with van der Waals surface area (Å²) in [6.45, 7) is 8.64. The second-order valence-electron chi connectivity index (χ2n) is 3.92. The highest BCUT2D eigenvalue weighted by atomic mass is 32.2. The van der Waals surface area contributed by atoms with Crippen LogP contribution < -0.4 is 0 Å². The Hall–Kier alpha value is 0.0500. The third-order valence-corrected chi connectivity index (χ3v) is 4.45. The van der Waals surface area contributed by atoms with Crippen molar-refractivity contribution in [3.63, 3.8) is 0 Å². The number of aliphatic hydroxyl groups excluding tert-OH is 1. The van der Waals surface area contributed by atoms with Gasteiger partial charge in [0.15, 0.2) is 0 Å². The van der Waals surface area contributed by atoms with Crippen molar-refractivity contribution in [3.05, 3.63) is 12.2 Å². The summed E-state index contributed by atoms with van der Waals surface area (Å²) in [5, 5.41) is 9.51. The number of hydrogen-bond acceptors (Lipinski definition) is 2. The normalized spacial score (nSPS) is 35.4. The highest BCUT2D eigenvalue weighted by Gasteiger charge is 2.35. The van der Waals surface area contributed by atoms with Crippen LogP contribution in [0.4, 0.5) is 0 Å². The first-order valence-electron chi connectivity index (χ1n) is 4.51. The highest BCUT2D eigenvalue weighted by Crippen LogP contribution is 2.47. The number of rotatable bonds is 3. The van der Waals surface area contributed by atoms with Crippen LogP contribution in [0.2, 0.25) is 0 Å². The van der Waals surface area contributed by atoms with Crippen LogP contribution in [0.3, 0.4) is 0 Å². The molecule has 0 aliphatic carbocycles. The molecule has 70 valence electrons. The van der Waals surface area contributed by atoms with E-state index in [4.69, 9.17) is 5.11 Å². The van der Waals surface area contributed by atoms with Crippen molar-refractivity contribution in [2.75, 3.05) is 6.61 Å². The van der Waals surface area contributed by atoms with Crippen molar-refractivity contribution in [2.45, 2.75) is 43.1 Å². The molecule has 0 spiro atoms. The lowest BCUT2D eigenvalue weighted by Crippen LogP contribution is -2.17. The summed E-state index contributed by atoms with van der Waals surface area (Å²) < 4.78 is 0.304. The lowest BCUT2D eigenvalue weighted by atomic mass is 9.99. The molecule has 2 heteroatoms. The maximum absolute atomic E-state index is 8.88. The van der Waals surface area contributed by atoms with E-state index >= 15 is 0 Å². The Bertz CT molecular complexity index is 179. The Labute approximate surface area is 79.2 Å². The molecule has 0 aromatic rings. The van der Waals surface area contributed by atoms with Gasteiger partial charge in [0.2, 0.25) is 0 Å². The molecule has 0 amide bonds. The van der Waals surface area contributed by atoms with Crippen LogP contribution in [0.25, 0.3) is 0 Å². The van der Waals surface area contributed by atoms with Gasteiger partial charge >= 0.3 is 0 Å². The molecule has 2 unspecified atom stereocenters. The number of aliphatic hydroxyl groups is 1. The van der Waals surface area contributed by atoms with Gasteiger partial charge in [-0.1, -0.05) is 19.1 Å². The quantitative estimate of drug-likeness (QED) is 0.684.